The quantitative estimate of drug-likeness (QED) is 0.0313. The van der Waals surface area contributed by atoms with Gasteiger partial charge in [-0.25, -0.2) is 14.0 Å². The number of hydrogen-bond acceptors (Lipinski definition) is 17. The minimum absolute atomic E-state index is 0.0348. The summed E-state index contributed by atoms with van der Waals surface area (Å²) < 4.78 is 49.0. The Balaban J connectivity index is 1.20. The van der Waals surface area contributed by atoms with Crippen molar-refractivity contribution in [3.8, 4) is 11.5 Å². The van der Waals surface area contributed by atoms with E-state index in [9.17, 15) is 14.4 Å². The molecular weight excluding hydrogens is 763 g/mol. The molecule has 0 amide bonds. The van der Waals surface area contributed by atoms with Gasteiger partial charge in [0.05, 0.1) is 91.1 Å². The lowest BCUT2D eigenvalue weighted by molar-refractivity contribution is -0.151. The minimum Gasteiger partial charge on any atom is -0.458 e. The molecule has 0 N–H and O–H groups in total. The highest BCUT2D eigenvalue weighted by Crippen LogP contribution is 2.35. The molecule has 4 atom stereocenters. The SMILES string of the molecule is CC(=O)O[C@@H](COCC#C[Si](C)(C)C(C)(C)C)Cn1cc(COC[C@@H](Cn2cc(COC[C@@H](Cn3cc(COC[C@H]4CO4)nn3)OC(C)=O)nn2)OC(C)=O)nn1. The molecule has 20 nitrogen and oxygen atoms in total. The van der Waals surface area contributed by atoms with Gasteiger partial charge in [-0.1, -0.05) is 55.4 Å². The molecule has 57 heavy (non-hydrogen) atoms. The Kier molecular flexibility index (Phi) is 17.3. The molecule has 0 saturated carbocycles. The van der Waals surface area contributed by atoms with Crippen LogP contribution >= 0.6 is 0 Å². The zero-order chi connectivity index (χ0) is 41.4. The highest BCUT2D eigenvalue weighted by molar-refractivity contribution is 6.87. The van der Waals surface area contributed by atoms with E-state index in [-0.39, 0.29) is 70.4 Å². The molecule has 0 spiro atoms. The van der Waals surface area contributed by atoms with E-state index in [1.807, 2.05) is 0 Å². The number of esters is 3. The summed E-state index contributed by atoms with van der Waals surface area (Å²) in [5.41, 5.74) is 5.07. The number of nitrogens with zero attached hydrogens (tertiary/aromatic N) is 9. The molecule has 21 heteroatoms. The van der Waals surface area contributed by atoms with Gasteiger partial charge in [0.2, 0.25) is 0 Å². The summed E-state index contributed by atoms with van der Waals surface area (Å²) in [6.45, 7) is 17.8. The van der Waals surface area contributed by atoms with Gasteiger partial charge in [-0.3, -0.25) is 14.4 Å². The van der Waals surface area contributed by atoms with Gasteiger partial charge >= 0.3 is 17.9 Å². The third kappa shape index (κ3) is 17.2. The molecule has 0 unspecified atom stereocenters. The Hall–Kier alpha value is -4.59. The predicted molar refractivity (Wildman–Crippen MR) is 201 cm³/mol. The van der Waals surface area contributed by atoms with E-state index < -0.39 is 44.3 Å². The van der Waals surface area contributed by atoms with Crippen molar-refractivity contribution in [3.05, 3.63) is 35.7 Å². The standard InChI is InChI=1S/C36H55N9O11Si/c1-26(46)54-32(21-49-10-9-11-57(7,8)36(4,5)6)15-43-12-29(37-40-43)18-50-22-33(55-27(2)47)16-44-13-30(38-41-44)19-51-23-34(56-28(3)48)17-45-14-31(39-42-45)20-52-24-35-25-53-35/h12-14,32-35H,10,15-25H2,1-8H3/t32-,33-,34-,35+/m1/s1. The molecule has 1 saturated heterocycles. The minimum atomic E-state index is -1.75. The van der Waals surface area contributed by atoms with Gasteiger partial charge in [0, 0.05) is 20.8 Å². The average Bonchev–Trinajstić information content (AvgIpc) is 3.40. The van der Waals surface area contributed by atoms with Crippen LogP contribution in [-0.4, -0.2) is 135 Å². The molecule has 0 bridgehead atoms. The molecule has 1 fully saturated rings. The van der Waals surface area contributed by atoms with Crippen molar-refractivity contribution in [2.24, 2.45) is 0 Å². The second kappa shape index (κ2) is 21.8. The van der Waals surface area contributed by atoms with E-state index in [4.69, 9.17) is 37.9 Å². The Morgan fingerprint density at radius 1 is 0.719 bits per heavy atom. The lowest BCUT2D eigenvalue weighted by atomic mass is 10.2. The molecule has 0 aliphatic carbocycles. The number of carbonyl (C=O) groups excluding carboxylic acids is 3. The number of carbonyl (C=O) groups is 3. The van der Waals surface area contributed by atoms with Gasteiger partial charge < -0.3 is 37.9 Å². The van der Waals surface area contributed by atoms with E-state index in [2.05, 4.69) is 76.3 Å². The first kappa shape index (κ1) is 45.1. The highest BCUT2D eigenvalue weighted by atomic mass is 28.3. The van der Waals surface area contributed by atoms with Crippen molar-refractivity contribution >= 4 is 26.0 Å². The summed E-state index contributed by atoms with van der Waals surface area (Å²) in [6, 6.07) is 0. The average molecular weight is 818 g/mol. The van der Waals surface area contributed by atoms with Crippen LogP contribution in [0.1, 0.15) is 58.6 Å². The van der Waals surface area contributed by atoms with Crippen molar-refractivity contribution in [3.63, 3.8) is 0 Å². The predicted octanol–water partition coefficient (Wildman–Crippen LogP) is 1.67. The van der Waals surface area contributed by atoms with E-state index in [1.54, 1.807) is 28.0 Å². The molecule has 0 aromatic carbocycles. The van der Waals surface area contributed by atoms with Gasteiger partial charge in [0.1, 0.15) is 56.2 Å². The molecule has 4 rings (SSSR count). The van der Waals surface area contributed by atoms with Crippen LogP contribution in [0.15, 0.2) is 18.6 Å². The fraction of sp³-hybridized carbons (Fsp3) is 0.694. The zero-order valence-corrected chi connectivity index (χ0v) is 35.0. The maximum absolute atomic E-state index is 11.9. The molecule has 1 aliphatic heterocycles. The number of aromatic nitrogens is 9. The molecule has 3 aromatic rings. The van der Waals surface area contributed by atoms with E-state index >= 15 is 0 Å². The first-order chi connectivity index (χ1) is 27.0. The summed E-state index contributed by atoms with van der Waals surface area (Å²) in [5, 5.41) is 24.9. The van der Waals surface area contributed by atoms with Gasteiger partial charge in [-0.2, -0.15) is 0 Å². The molecule has 0 radical (unpaired) electrons. The second-order valence-electron chi connectivity index (χ2n) is 15.2. The number of rotatable bonds is 24. The Labute approximate surface area is 333 Å². The number of hydrogen-bond donors (Lipinski definition) is 0. The molecular formula is C36H55N9O11Si. The van der Waals surface area contributed by atoms with Crippen LogP contribution in [0.2, 0.25) is 18.1 Å². The molecule has 4 heterocycles. The smallest absolute Gasteiger partial charge is 0.303 e. The summed E-state index contributed by atoms with van der Waals surface area (Å²) in [7, 11) is -1.75. The van der Waals surface area contributed by atoms with Crippen molar-refractivity contribution in [2.75, 3.05) is 39.6 Å². The number of epoxide rings is 1. The van der Waals surface area contributed by atoms with E-state index in [0.717, 1.165) is 0 Å². The topological polar surface area (TPSA) is 220 Å². The van der Waals surface area contributed by atoms with Crippen LogP contribution in [-0.2, 0) is 91.7 Å². The zero-order valence-electron chi connectivity index (χ0n) is 34.0. The van der Waals surface area contributed by atoms with Crippen LogP contribution < -0.4 is 0 Å². The van der Waals surface area contributed by atoms with Gasteiger partial charge in [-0.05, 0) is 5.04 Å². The normalized spacial score (nSPS) is 15.6. The fourth-order valence-corrected chi connectivity index (χ4v) is 5.81. The third-order valence-corrected chi connectivity index (χ3v) is 13.3. The third-order valence-electron chi connectivity index (χ3n) is 8.75. The summed E-state index contributed by atoms with van der Waals surface area (Å²) in [5.74, 6) is 1.74. The number of ether oxygens (including phenoxy) is 8. The van der Waals surface area contributed by atoms with Gasteiger partial charge in [-0.15, -0.1) is 20.8 Å². The summed E-state index contributed by atoms with van der Waals surface area (Å²) >= 11 is 0. The van der Waals surface area contributed by atoms with Crippen molar-refractivity contribution in [1.29, 1.82) is 0 Å². The lowest BCUT2D eigenvalue weighted by Crippen LogP contribution is -2.35. The second-order valence-corrected chi connectivity index (χ2v) is 20.2. The van der Waals surface area contributed by atoms with Crippen LogP contribution in [0, 0.1) is 11.5 Å². The Bertz CT molecular complexity index is 1790. The maximum Gasteiger partial charge on any atom is 0.303 e. The Morgan fingerprint density at radius 2 is 1.11 bits per heavy atom. The largest absolute Gasteiger partial charge is 0.458 e. The molecule has 1 aliphatic rings. The lowest BCUT2D eigenvalue weighted by Gasteiger charge is -2.31. The summed E-state index contributed by atoms with van der Waals surface area (Å²) in [4.78, 5) is 35.4. The molecule has 314 valence electrons. The Morgan fingerprint density at radius 3 is 1.47 bits per heavy atom. The highest BCUT2D eigenvalue weighted by Gasteiger charge is 2.33. The summed E-state index contributed by atoms with van der Waals surface area (Å²) in [6.07, 6.45) is 3.29. The van der Waals surface area contributed by atoms with Crippen molar-refractivity contribution in [1.82, 2.24) is 45.0 Å². The van der Waals surface area contributed by atoms with E-state index in [0.29, 0.717) is 36.9 Å². The van der Waals surface area contributed by atoms with Crippen LogP contribution in [0.25, 0.3) is 0 Å². The van der Waals surface area contributed by atoms with E-state index in [1.165, 1.54) is 25.5 Å². The first-order valence-electron chi connectivity index (χ1n) is 18.7. The molecule has 3 aromatic heterocycles. The fourth-order valence-electron chi connectivity index (χ4n) is 4.92. The van der Waals surface area contributed by atoms with Crippen molar-refractivity contribution < 1.29 is 52.3 Å². The van der Waals surface area contributed by atoms with Gasteiger partial charge in [0.25, 0.3) is 0 Å². The maximum atomic E-state index is 11.9. The van der Waals surface area contributed by atoms with Crippen LogP contribution in [0.5, 0.6) is 0 Å². The van der Waals surface area contributed by atoms with Crippen molar-refractivity contribution in [2.45, 2.75) is 124 Å². The van der Waals surface area contributed by atoms with Crippen LogP contribution in [0.3, 0.4) is 0 Å². The van der Waals surface area contributed by atoms with Gasteiger partial charge in [0.15, 0.2) is 0 Å². The first-order valence-corrected chi connectivity index (χ1v) is 21.7. The van der Waals surface area contributed by atoms with Crippen LogP contribution in [0.4, 0.5) is 0 Å². The monoisotopic (exact) mass is 817 g/mol.